The Morgan fingerprint density at radius 1 is 1.30 bits per heavy atom. The Kier molecular flexibility index (Phi) is 7.93. The minimum Gasteiger partial charge on any atom is -0.480 e. The van der Waals surface area contributed by atoms with Gasteiger partial charge in [0, 0.05) is 32.7 Å². The quantitative estimate of drug-likeness (QED) is 0.420. The summed E-state index contributed by atoms with van der Waals surface area (Å²) >= 11 is 0. The molecule has 1 aliphatic rings. The first-order chi connectivity index (χ1) is 9.63. The topological polar surface area (TPSA) is 111 Å². The van der Waals surface area contributed by atoms with Gasteiger partial charge in [-0.15, -0.1) is 0 Å². The highest BCUT2D eigenvalue weighted by atomic mass is 16.5. The number of carboxylic acid groups (broad SMARTS) is 1. The average Bonchev–Trinajstić information content (AvgIpc) is 2.44. The number of ether oxygens (including phenoxy) is 1. The summed E-state index contributed by atoms with van der Waals surface area (Å²) < 4.78 is 5.24. The van der Waals surface area contributed by atoms with Crippen molar-refractivity contribution >= 4 is 12.0 Å². The fourth-order valence-corrected chi connectivity index (χ4v) is 1.93. The lowest BCUT2D eigenvalue weighted by atomic mass is 10.2. The summed E-state index contributed by atoms with van der Waals surface area (Å²) in [7, 11) is 0. The Labute approximate surface area is 118 Å². The summed E-state index contributed by atoms with van der Waals surface area (Å²) in [6, 6.07) is -1.58. The van der Waals surface area contributed by atoms with Crippen LogP contribution in [-0.2, 0) is 9.53 Å². The number of amides is 2. The van der Waals surface area contributed by atoms with Gasteiger partial charge in [0.25, 0.3) is 0 Å². The van der Waals surface area contributed by atoms with Crippen LogP contribution in [0, 0.1) is 0 Å². The van der Waals surface area contributed by atoms with E-state index in [4.69, 9.17) is 14.9 Å². The third-order valence-electron chi connectivity index (χ3n) is 3.06. The lowest BCUT2D eigenvalue weighted by Gasteiger charge is -2.26. The van der Waals surface area contributed by atoms with E-state index in [2.05, 4.69) is 15.5 Å². The Bertz CT molecular complexity index is 307. The number of carbonyl (C=O) groups excluding carboxylic acids is 1. The standard InChI is InChI=1S/C12H23N3O5/c16-7-2-10(11(17)18)14-12(19)13-3-1-4-15-5-8-20-9-6-15/h10,16H,1-9H2,(H,17,18)(H2,13,14,19). The number of urea groups is 1. The molecular weight excluding hydrogens is 266 g/mol. The van der Waals surface area contributed by atoms with Gasteiger partial charge in [0.15, 0.2) is 0 Å². The van der Waals surface area contributed by atoms with Crippen molar-refractivity contribution in [1.82, 2.24) is 15.5 Å². The molecule has 116 valence electrons. The molecule has 4 N–H and O–H groups in total. The van der Waals surface area contributed by atoms with Gasteiger partial charge in [-0.3, -0.25) is 4.90 Å². The number of hydrogen-bond donors (Lipinski definition) is 4. The van der Waals surface area contributed by atoms with E-state index in [9.17, 15) is 9.59 Å². The zero-order valence-corrected chi connectivity index (χ0v) is 11.5. The Morgan fingerprint density at radius 2 is 2.00 bits per heavy atom. The Morgan fingerprint density at radius 3 is 2.60 bits per heavy atom. The smallest absolute Gasteiger partial charge is 0.326 e. The van der Waals surface area contributed by atoms with Gasteiger partial charge >= 0.3 is 12.0 Å². The van der Waals surface area contributed by atoms with Gasteiger partial charge in [0.1, 0.15) is 6.04 Å². The maximum Gasteiger partial charge on any atom is 0.326 e. The number of carboxylic acids is 1. The third-order valence-corrected chi connectivity index (χ3v) is 3.06. The minimum atomic E-state index is -1.15. The van der Waals surface area contributed by atoms with Crippen LogP contribution in [0.1, 0.15) is 12.8 Å². The molecule has 8 heteroatoms. The number of aliphatic hydroxyl groups excluding tert-OH is 1. The molecule has 0 spiro atoms. The van der Waals surface area contributed by atoms with E-state index in [0.29, 0.717) is 6.54 Å². The Balaban J connectivity index is 2.10. The van der Waals surface area contributed by atoms with E-state index in [-0.39, 0.29) is 13.0 Å². The number of nitrogens with one attached hydrogen (secondary N) is 2. The normalized spacial score (nSPS) is 17.4. The van der Waals surface area contributed by atoms with Crippen molar-refractivity contribution in [3.05, 3.63) is 0 Å². The predicted molar refractivity (Wildman–Crippen MR) is 71.5 cm³/mol. The molecule has 1 unspecified atom stereocenters. The largest absolute Gasteiger partial charge is 0.480 e. The van der Waals surface area contributed by atoms with Crippen molar-refractivity contribution in [3.63, 3.8) is 0 Å². The van der Waals surface area contributed by atoms with Crippen molar-refractivity contribution in [2.24, 2.45) is 0 Å². The molecule has 1 aliphatic heterocycles. The van der Waals surface area contributed by atoms with Crippen LogP contribution in [0.5, 0.6) is 0 Å². The first-order valence-corrected chi connectivity index (χ1v) is 6.81. The minimum absolute atomic E-state index is 0.00344. The maximum atomic E-state index is 11.5. The summed E-state index contributed by atoms with van der Waals surface area (Å²) in [4.78, 5) is 24.5. The second-order valence-corrected chi connectivity index (χ2v) is 4.61. The monoisotopic (exact) mass is 289 g/mol. The molecule has 1 fully saturated rings. The molecule has 2 amide bonds. The zero-order valence-electron chi connectivity index (χ0n) is 11.5. The number of aliphatic hydroxyl groups is 1. The van der Waals surface area contributed by atoms with E-state index >= 15 is 0 Å². The second kappa shape index (κ2) is 9.51. The lowest BCUT2D eigenvalue weighted by Crippen LogP contribution is -2.47. The van der Waals surface area contributed by atoms with Crippen LogP contribution >= 0.6 is 0 Å². The van der Waals surface area contributed by atoms with Crippen LogP contribution in [0.15, 0.2) is 0 Å². The van der Waals surface area contributed by atoms with Crippen molar-refractivity contribution < 1.29 is 24.5 Å². The first kappa shape index (κ1) is 16.7. The summed E-state index contributed by atoms with van der Waals surface area (Å²) in [6.45, 7) is 4.38. The van der Waals surface area contributed by atoms with Crippen LogP contribution in [0.3, 0.4) is 0 Å². The van der Waals surface area contributed by atoms with E-state index in [0.717, 1.165) is 39.3 Å². The van der Waals surface area contributed by atoms with E-state index < -0.39 is 18.0 Å². The molecule has 20 heavy (non-hydrogen) atoms. The van der Waals surface area contributed by atoms with Crippen LogP contribution < -0.4 is 10.6 Å². The SMILES string of the molecule is O=C(NCCCN1CCOCC1)NC(CCO)C(=O)O. The van der Waals surface area contributed by atoms with Gasteiger partial charge in [-0.05, 0) is 13.0 Å². The molecule has 1 heterocycles. The van der Waals surface area contributed by atoms with Crippen molar-refractivity contribution in [3.8, 4) is 0 Å². The number of rotatable bonds is 8. The second-order valence-electron chi connectivity index (χ2n) is 4.61. The maximum absolute atomic E-state index is 11.5. The van der Waals surface area contributed by atoms with Crippen molar-refractivity contribution in [2.75, 3.05) is 46.0 Å². The molecule has 0 aromatic rings. The lowest BCUT2D eigenvalue weighted by molar-refractivity contribution is -0.139. The van der Waals surface area contributed by atoms with Gasteiger partial charge in [-0.2, -0.15) is 0 Å². The van der Waals surface area contributed by atoms with Crippen LogP contribution in [-0.4, -0.2) is 79.2 Å². The summed E-state index contributed by atoms with van der Waals surface area (Å²) in [5, 5.41) is 22.5. The van der Waals surface area contributed by atoms with Gasteiger partial charge in [0.2, 0.25) is 0 Å². The number of aliphatic carboxylic acids is 1. The van der Waals surface area contributed by atoms with E-state index in [1.54, 1.807) is 0 Å². The van der Waals surface area contributed by atoms with Crippen LogP contribution in [0.25, 0.3) is 0 Å². The predicted octanol–water partition coefficient (Wildman–Crippen LogP) is -1.16. The zero-order chi connectivity index (χ0) is 14.8. The van der Waals surface area contributed by atoms with Crippen molar-refractivity contribution in [1.29, 1.82) is 0 Å². The highest BCUT2D eigenvalue weighted by Gasteiger charge is 2.18. The molecular formula is C12H23N3O5. The number of hydrogen-bond acceptors (Lipinski definition) is 5. The van der Waals surface area contributed by atoms with Gasteiger partial charge in [-0.25, -0.2) is 9.59 Å². The van der Waals surface area contributed by atoms with Crippen LogP contribution in [0.2, 0.25) is 0 Å². The van der Waals surface area contributed by atoms with Gasteiger partial charge < -0.3 is 25.6 Å². The summed E-state index contributed by atoms with van der Waals surface area (Å²) in [6.07, 6.45) is 0.793. The van der Waals surface area contributed by atoms with E-state index in [1.165, 1.54) is 0 Å². The average molecular weight is 289 g/mol. The third kappa shape index (κ3) is 6.69. The summed E-state index contributed by atoms with van der Waals surface area (Å²) in [5.74, 6) is -1.15. The Hall–Kier alpha value is -1.38. The van der Waals surface area contributed by atoms with Gasteiger partial charge in [-0.1, -0.05) is 0 Å². The van der Waals surface area contributed by atoms with Gasteiger partial charge in [0.05, 0.1) is 13.2 Å². The fraction of sp³-hybridized carbons (Fsp3) is 0.833. The molecule has 1 saturated heterocycles. The molecule has 0 saturated carbocycles. The van der Waals surface area contributed by atoms with Crippen LogP contribution in [0.4, 0.5) is 4.79 Å². The molecule has 0 bridgehead atoms. The number of morpholine rings is 1. The number of nitrogens with zero attached hydrogens (tertiary/aromatic N) is 1. The molecule has 0 aromatic heterocycles. The highest BCUT2D eigenvalue weighted by Crippen LogP contribution is 1.97. The molecule has 1 rings (SSSR count). The highest BCUT2D eigenvalue weighted by molar-refractivity contribution is 5.82. The molecule has 0 aliphatic carbocycles. The fourth-order valence-electron chi connectivity index (χ4n) is 1.93. The van der Waals surface area contributed by atoms with E-state index in [1.807, 2.05) is 0 Å². The van der Waals surface area contributed by atoms with Crippen molar-refractivity contribution in [2.45, 2.75) is 18.9 Å². The molecule has 8 nitrogen and oxygen atoms in total. The molecule has 0 radical (unpaired) electrons. The molecule has 1 atom stereocenters. The first-order valence-electron chi connectivity index (χ1n) is 6.81. The number of carbonyl (C=O) groups is 2. The summed E-state index contributed by atoms with van der Waals surface area (Å²) in [5.41, 5.74) is 0. The molecule has 0 aromatic carbocycles.